The lowest BCUT2D eigenvalue weighted by molar-refractivity contribution is -0.116. The molecule has 2 aromatic rings. The van der Waals surface area contributed by atoms with Gasteiger partial charge in [-0.1, -0.05) is 30.3 Å². The Balaban J connectivity index is 1.98. The average Bonchev–Trinajstić information content (AvgIpc) is 3.04. The molecule has 1 aromatic heterocycles. The smallest absolute Gasteiger partial charge is 0.239 e. The first-order valence-electron chi connectivity index (χ1n) is 5.93. The third kappa shape index (κ3) is 1.94. The predicted molar refractivity (Wildman–Crippen MR) is 76.5 cm³/mol. The first kappa shape index (κ1) is 12.4. The molecule has 5 nitrogen and oxygen atoms in total. The Hall–Kier alpha value is -2.65. The summed E-state index contributed by atoms with van der Waals surface area (Å²) in [5, 5.41) is 11.3. The van der Waals surface area contributed by atoms with Crippen molar-refractivity contribution >= 4 is 22.4 Å². The highest BCUT2D eigenvalue weighted by atomic mass is 32.1. The molecule has 0 aliphatic carbocycles. The molecule has 6 heteroatoms. The van der Waals surface area contributed by atoms with Crippen LogP contribution in [0.5, 0.6) is 0 Å². The van der Waals surface area contributed by atoms with E-state index in [4.69, 9.17) is 11.0 Å². The molecule has 20 heavy (non-hydrogen) atoms. The highest BCUT2D eigenvalue weighted by Crippen LogP contribution is 2.32. The molecule has 0 unspecified atom stereocenters. The number of hydrogen-bond acceptors (Lipinski definition) is 5. The van der Waals surface area contributed by atoms with E-state index in [0.717, 1.165) is 11.3 Å². The molecular formula is C14H10N4OS. The van der Waals surface area contributed by atoms with Gasteiger partial charge in [0.15, 0.2) is 5.13 Å². The van der Waals surface area contributed by atoms with Crippen LogP contribution in [0.2, 0.25) is 0 Å². The zero-order valence-electron chi connectivity index (χ0n) is 10.4. The lowest BCUT2D eigenvalue weighted by atomic mass is 10.2. The molecule has 0 atom stereocenters. The maximum atomic E-state index is 11.9. The summed E-state index contributed by atoms with van der Waals surface area (Å²) in [4.78, 5) is 17.7. The van der Waals surface area contributed by atoms with Gasteiger partial charge in [0.25, 0.3) is 0 Å². The molecule has 2 heterocycles. The summed E-state index contributed by atoms with van der Waals surface area (Å²) in [5.74, 6) is -0.0283. The van der Waals surface area contributed by atoms with Crippen LogP contribution < -0.4 is 10.6 Å². The topological polar surface area (TPSA) is 83.0 Å². The molecule has 0 spiro atoms. The lowest BCUT2D eigenvalue weighted by Crippen LogP contribution is -2.28. The fourth-order valence-corrected chi connectivity index (χ4v) is 2.87. The predicted octanol–water partition coefficient (Wildman–Crippen LogP) is 2.24. The van der Waals surface area contributed by atoms with E-state index in [1.807, 2.05) is 41.8 Å². The summed E-state index contributed by atoms with van der Waals surface area (Å²) in [7, 11) is 0. The number of aromatic nitrogens is 1. The van der Waals surface area contributed by atoms with Crippen molar-refractivity contribution in [2.24, 2.45) is 5.73 Å². The Morgan fingerprint density at radius 3 is 2.75 bits per heavy atom. The van der Waals surface area contributed by atoms with Crippen molar-refractivity contribution < 1.29 is 4.79 Å². The summed E-state index contributed by atoms with van der Waals surface area (Å²) >= 11 is 1.33. The van der Waals surface area contributed by atoms with Gasteiger partial charge in [0.2, 0.25) is 5.91 Å². The van der Waals surface area contributed by atoms with E-state index < -0.39 is 0 Å². The molecule has 0 saturated heterocycles. The van der Waals surface area contributed by atoms with E-state index in [0.29, 0.717) is 10.7 Å². The fourth-order valence-electron chi connectivity index (χ4n) is 2.01. The van der Waals surface area contributed by atoms with Crippen LogP contribution in [-0.2, 0) is 4.79 Å². The highest BCUT2D eigenvalue weighted by molar-refractivity contribution is 7.14. The Morgan fingerprint density at radius 2 is 2.10 bits per heavy atom. The number of nitriles is 1. The minimum absolute atomic E-state index is 0.0442. The molecule has 1 aliphatic rings. The van der Waals surface area contributed by atoms with Crippen molar-refractivity contribution in [3.63, 3.8) is 0 Å². The van der Waals surface area contributed by atoms with Crippen molar-refractivity contribution in [1.29, 1.82) is 5.26 Å². The number of nitrogens with two attached hydrogens (primary N) is 1. The van der Waals surface area contributed by atoms with Gasteiger partial charge in [-0.3, -0.25) is 4.79 Å². The van der Waals surface area contributed by atoms with Gasteiger partial charge in [0.05, 0.1) is 23.8 Å². The first-order chi connectivity index (χ1) is 9.70. The molecule has 3 rings (SSSR count). The second-order valence-corrected chi connectivity index (χ2v) is 5.10. The Morgan fingerprint density at radius 1 is 1.35 bits per heavy atom. The largest absolute Gasteiger partial charge is 0.384 e. The molecule has 98 valence electrons. The van der Waals surface area contributed by atoms with Gasteiger partial charge in [0, 0.05) is 10.9 Å². The Labute approximate surface area is 119 Å². The minimum Gasteiger partial charge on any atom is -0.384 e. The summed E-state index contributed by atoms with van der Waals surface area (Å²) in [5.41, 5.74) is 7.90. The van der Waals surface area contributed by atoms with Crippen LogP contribution in [0.3, 0.4) is 0 Å². The number of carbonyl (C=O) groups is 1. The van der Waals surface area contributed by atoms with E-state index >= 15 is 0 Å². The summed E-state index contributed by atoms with van der Waals surface area (Å²) < 4.78 is 0. The number of rotatable bonds is 2. The number of anilines is 1. The van der Waals surface area contributed by atoms with E-state index in [-0.39, 0.29) is 18.1 Å². The van der Waals surface area contributed by atoms with Crippen LogP contribution in [0, 0.1) is 11.3 Å². The molecular weight excluding hydrogens is 272 g/mol. The molecule has 1 amide bonds. The van der Waals surface area contributed by atoms with Gasteiger partial charge in [-0.15, -0.1) is 11.3 Å². The normalized spacial score (nSPS) is 14.8. The van der Waals surface area contributed by atoms with Crippen LogP contribution in [0.4, 0.5) is 5.13 Å². The van der Waals surface area contributed by atoms with Crippen molar-refractivity contribution in [1.82, 2.24) is 4.98 Å². The van der Waals surface area contributed by atoms with Crippen LogP contribution in [0.15, 0.2) is 47.1 Å². The standard InChI is InChI=1S/C14H10N4OS/c15-7-10-6-12(19)18(13(10)16)14-17-11(8-20-14)9-4-2-1-3-5-9/h1-5,8H,6,16H2. The molecule has 0 radical (unpaired) electrons. The monoisotopic (exact) mass is 282 g/mol. The van der Waals surface area contributed by atoms with Crippen molar-refractivity contribution in [2.45, 2.75) is 6.42 Å². The quantitative estimate of drug-likeness (QED) is 0.915. The molecule has 1 aromatic carbocycles. The van der Waals surface area contributed by atoms with Crippen LogP contribution in [0.25, 0.3) is 11.3 Å². The van der Waals surface area contributed by atoms with Gasteiger partial charge in [-0.25, -0.2) is 9.88 Å². The number of amides is 1. The van der Waals surface area contributed by atoms with Crippen molar-refractivity contribution in [2.75, 3.05) is 4.90 Å². The van der Waals surface area contributed by atoms with E-state index in [9.17, 15) is 4.79 Å². The molecule has 0 bridgehead atoms. The fraction of sp³-hybridized carbons (Fsp3) is 0.0714. The summed E-state index contributed by atoms with van der Waals surface area (Å²) in [6.07, 6.45) is 0.0442. The minimum atomic E-state index is -0.215. The van der Waals surface area contributed by atoms with E-state index in [1.165, 1.54) is 16.2 Å². The van der Waals surface area contributed by atoms with Gasteiger partial charge < -0.3 is 5.73 Å². The number of benzene rings is 1. The Bertz CT molecular complexity index is 742. The maximum Gasteiger partial charge on any atom is 0.239 e. The van der Waals surface area contributed by atoms with Crippen LogP contribution in [0.1, 0.15) is 6.42 Å². The number of nitrogens with zero attached hydrogens (tertiary/aromatic N) is 3. The molecule has 2 N–H and O–H groups in total. The maximum absolute atomic E-state index is 11.9. The van der Waals surface area contributed by atoms with Crippen LogP contribution >= 0.6 is 11.3 Å². The zero-order chi connectivity index (χ0) is 14.1. The van der Waals surface area contributed by atoms with Gasteiger partial charge in [-0.2, -0.15) is 5.26 Å². The number of thiazole rings is 1. The molecule has 1 aliphatic heterocycles. The average molecular weight is 282 g/mol. The van der Waals surface area contributed by atoms with E-state index in [1.54, 1.807) is 0 Å². The van der Waals surface area contributed by atoms with Crippen molar-refractivity contribution in [3.05, 3.63) is 47.1 Å². The second-order valence-electron chi connectivity index (χ2n) is 4.26. The SMILES string of the molecule is N#CC1=C(N)N(c2nc(-c3ccccc3)cs2)C(=O)C1. The zero-order valence-corrected chi connectivity index (χ0v) is 11.2. The van der Waals surface area contributed by atoms with Gasteiger partial charge in [0.1, 0.15) is 5.82 Å². The van der Waals surface area contributed by atoms with Crippen LogP contribution in [-0.4, -0.2) is 10.9 Å². The van der Waals surface area contributed by atoms with Crippen molar-refractivity contribution in [3.8, 4) is 17.3 Å². The first-order valence-corrected chi connectivity index (χ1v) is 6.81. The third-order valence-electron chi connectivity index (χ3n) is 3.02. The van der Waals surface area contributed by atoms with E-state index in [2.05, 4.69) is 4.98 Å². The summed E-state index contributed by atoms with van der Waals surface area (Å²) in [6.45, 7) is 0. The lowest BCUT2D eigenvalue weighted by Gasteiger charge is -2.12. The Kier molecular flexibility index (Phi) is 2.97. The number of carbonyl (C=O) groups excluding carboxylic acids is 1. The third-order valence-corrected chi connectivity index (χ3v) is 3.84. The highest BCUT2D eigenvalue weighted by Gasteiger charge is 2.31. The van der Waals surface area contributed by atoms with Gasteiger partial charge in [-0.05, 0) is 0 Å². The summed E-state index contributed by atoms with van der Waals surface area (Å²) in [6, 6.07) is 11.6. The van der Waals surface area contributed by atoms with Gasteiger partial charge >= 0.3 is 0 Å². The second kappa shape index (κ2) is 4.79. The molecule has 0 fully saturated rings. The molecule has 0 saturated carbocycles. The number of hydrogen-bond donors (Lipinski definition) is 1.